The van der Waals surface area contributed by atoms with Gasteiger partial charge >= 0.3 is 0 Å². The molecular weight excluding hydrogens is 428 g/mol. The summed E-state index contributed by atoms with van der Waals surface area (Å²) in [6.07, 6.45) is 10.6. The molecule has 0 saturated heterocycles. The third kappa shape index (κ3) is 3.83. The number of rotatable bonds is 5. The van der Waals surface area contributed by atoms with Gasteiger partial charge in [-0.15, -0.1) is 0 Å². The van der Waals surface area contributed by atoms with Crippen molar-refractivity contribution in [3.63, 3.8) is 0 Å². The number of oxime groups is 2. The molecule has 0 bridgehead atoms. The van der Waals surface area contributed by atoms with Crippen LogP contribution >= 0.6 is 0 Å². The van der Waals surface area contributed by atoms with Gasteiger partial charge < -0.3 is 14.1 Å². The highest BCUT2D eigenvalue weighted by Crippen LogP contribution is 2.69. The van der Waals surface area contributed by atoms with Crippen molar-refractivity contribution >= 4 is 19.7 Å². The molecule has 7 unspecified atom stereocenters. The Morgan fingerprint density at radius 3 is 2.36 bits per heavy atom. The van der Waals surface area contributed by atoms with Crippen LogP contribution in [0.2, 0.25) is 19.6 Å². The molecule has 3 fully saturated rings. The molecule has 4 aliphatic carbocycles. The second kappa shape index (κ2) is 8.51. The van der Waals surface area contributed by atoms with Gasteiger partial charge in [0.25, 0.3) is 0 Å². The molecular formula is C27H46N2O3Si. The smallest absolute Gasteiger partial charge is 0.185 e. The van der Waals surface area contributed by atoms with Crippen LogP contribution in [0.25, 0.3) is 0 Å². The number of hydrogen-bond acceptors (Lipinski definition) is 5. The Balaban J connectivity index is 1.73. The summed E-state index contributed by atoms with van der Waals surface area (Å²) >= 11 is 0. The fourth-order valence-corrected chi connectivity index (χ4v) is 10.3. The first-order valence-corrected chi connectivity index (χ1v) is 16.4. The van der Waals surface area contributed by atoms with E-state index in [4.69, 9.17) is 14.1 Å². The Labute approximate surface area is 202 Å². The van der Waals surface area contributed by atoms with Crippen molar-refractivity contribution in [2.75, 3.05) is 14.2 Å². The molecule has 0 aromatic carbocycles. The maximum atomic E-state index is 7.14. The normalized spacial score (nSPS) is 44.6. The standard InChI is InChI=1S/C27H46N2O3Si/c1-18-16-21-22(25(3)13-10-20(29-31-6)17-24(18)25)11-14-26(4)23(21)12-15-27(26,19(2)28-30-5)32-33(7,8)9/h17-18,21-23H,10-16H2,1-9H3/b28-19+,29-20+. The number of allylic oxidation sites excluding steroid dienone is 2. The van der Waals surface area contributed by atoms with Gasteiger partial charge in [-0.05, 0) is 107 Å². The van der Waals surface area contributed by atoms with Crippen LogP contribution in [0.15, 0.2) is 22.0 Å². The quantitative estimate of drug-likeness (QED) is 0.250. The summed E-state index contributed by atoms with van der Waals surface area (Å²) < 4.78 is 7.14. The van der Waals surface area contributed by atoms with Crippen LogP contribution in [0.1, 0.15) is 72.6 Å². The van der Waals surface area contributed by atoms with Crippen LogP contribution in [0.3, 0.4) is 0 Å². The molecule has 0 heterocycles. The predicted molar refractivity (Wildman–Crippen MR) is 138 cm³/mol. The van der Waals surface area contributed by atoms with Gasteiger partial charge in [0.15, 0.2) is 8.32 Å². The Morgan fingerprint density at radius 1 is 1.03 bits per heavy atom. The summed E-state index contributed by atoms with van der Waals surface area (Å²) in [5.41, 5.74) is 3.87. The molecule has 7 atom stereocenters. The van der Waals surface area contributed by atoms with Crippen LogP contribution in [0.4, 0.5) is 0 Å². The number of nitrogens with zero attached hydrogens (tertiary/aromatic N) is 2. The summed E-state index contributed by atoms with van der Waals surface area (Å²) in [5, 5.41) is 8.80. The van der Waals surface area contributed by atoms with Gasteiger partial charge in [-0.25, -0.2) is 0 Å². The summed E-state index contributed by atoms with van der Waals surface area (Å²) in [5.74, 6) is 2.74. The molecule has 0 aromatic heterocycles. The zero-order valence-corrected chi connectivity index (χ0v) is 23.5. The second-order valence-corrected chi connectivity index (χ2v) is 17.1. The van der Waals surface area contributed by atoms with E-state index < -0.39 is 8.32 Å². The first kappa shape index (κ1) is 25.0. The Bertz CT molecular complexity index is 862. The van der Waals surface area contributed by atoms with Gasteiger partial charge in [0.05, 0.1) is 11.4 Å². The van der Waals surface area contributed by atoms with Crippen molar-refractivity contribution < 1.29 is 14.1 Å². The molecule has 5 nitrogen and oxygen atoms in total. The van der Waals surface area contributed by atoms with Crippen molar-refractivity contribution in [3.8, 4) is 0 Å². The molecule has 4 rings (SSSR count). The Morgan fingerprint density at radius 2 is 1.73 bits per heavy atom. The number of fused-ring (bicyclic) bond motifs is 5. The molecule has 0 radical (unpaired) electrons. The van der Waals surface area contributed by atoms with Crippen LogP contribution in [0, 0.1) is 34.5 Å². The topological polar surface area (TPSA) is 52.4 Å². The van der Waals surface area contributed by atoms with Gasteiger partial charge in [0, 0.05) is 5.41 Å². The van der Waals surface area contributed by atoms with Crippen molar-refractivity contribution in [1.29, 1.82) is 0 Å². The van der Waals surface area contributed by atoms with E-state index in [1.54, 1.807) is 19.8 Å². The van der Waals surface area contributed by atoms with Crippen molar-refractivity contribution in [3.05, 3.63) is 11.6 Å². The van der Waals surface area contributed by atoms with E-state index in [2.05, 4.69) is 63.7 Å². The molecule has 186 valence electrons. The van der Waals surface area contributed by atoms with Crippen molar-refractivity contribution in [2.24, 2.45) is 44.8 Å². The summed E-state index contributed by atoms with van der Waals surface area (Å²) in [7, 11) is 1.53. The minimum absolute atomic E-state index is 0.106. The highest BCUT2D eigenvalue weighted by atomic mass is 28.4. The van der Waals surface area contributed by atoms with E-state index in [-0.39, 0.29) is 16.4 Å². The minimum atomic E-state index is -1.80. The highest BCUT2D eigenvalue weighted by molar-refractivity contribution is 6.70. The summed E-state index contributed by atoms with van der Waals surface area (Å²) in [6, 6.07) is 0. The number of hydrogen-bond donors (Lipinski definition) is 0. The third-order valence-electron chi connectivity index (χ3n) is 9.92. The Hall–Kier alpha value is -1.14. The lowest BCUT2D eigenvalue weighted by Crippen LogP contribution is -2.61. The lowest BCUT2D eigenvalue weighted by molar-refractivity contribution is -0.0946. The van der Waals surface area contributed by atoms with E-state index in [1.807, 2.05) is 0 Å². The average Bonchev–Trinajstić information content (AvgIpc) is 3.01. The second-order valence-electron chi connectivity index (χ2n) is 12.7. The lowest BCUT2D eigenvalue weighted by atomic mass is 9.44. The molecule has 0 aliphatic heterocycles. The first-order chi connectivity index (χ1) is 15.4. The fraction of sp³-hybridized carbons (Fsp3) is 0.852. The van der Waals surface area contributed by atoms with E-state index in [1.165, 1.54) is 32.1 Å². The van der Waals surface area contributed by atoms with Crippen molar-refractivity contribution in [2.45, 2.75) is 97.9 Å². The van der Waals surface area contributed by atoms with Gasteiger partial charge in [-0.2, -0.15) is 0 Å². The molecule has 33 heavy (non-hydrogen) atoms. The monoisotopic (exact) mass is 474 g/mol. The van der Waals surface area contributed by atoms with E-state index in [0.29, 0.717) is 11.8 Å². The molecule has 3 saturated carbocycles. The maximum absolute atomic E-state index is 7.14. The van der Waals surface area contributed by atoms with Crippen LogP contribution in [-0.4, -0.2) is 39.6 Å². The third-order valence-corrected chi connectivity index (χ3v) is 10.9. The lowest BCUT2D eigenvalue weighted by Gasteiger charge is -2.61. The maximum Gasteiger partial charge on any atom is 0.185 e. The Kier molecular flexibility index (Phi) is 6.44. The molecule has 0 spiro atoms. The van der Waals surface area contributed by atoms with Gasteiger partial charge in [-0.3, -0.25) is 0 Å². The van der Waals surface area contributed by atoms with Gasteiger partial charge in [-0.1, -0.05) is 36.7 Å². The van der Waals surface area contributed by atoms with E-state index in [0.717, 1.165) is 36.1 Å². The van der Waals surface area contributed by atoms with Gasteiger partial charge in [0.2, 0.25) is 0 Å². The molecule has 0 N–H and O–H groups in total. The molecule has 4 aliphatic rings. The highest BCUT2D eigenvalue weighted by Gasteiger charge is 2.67. The zero-order chi connectivity index (χ0) is 24.2. The van der Waals surface area contributed by atoms with Crippen LogP contribution in [0.5, 0.6) is 0 Å². The summed E-state index contributed by atoms with van der Waals surface area (Å²) in [4.78, 5) is 10.4. The average molecular weight is 475 g/mol. The van der Waals surface area contributed by atoms with Crippen molar-refractivity contribution in [1.82, 2.24) is 0 Å². The molecule has 6 heteroatoms. The van der Waals surface area contributed by atoms with E-state index in [9.17, 15) is 0 Å². The largest absolute Gasteiger partial charge is 0.406 e. The van der Waals surface area contributed by atoms with E-state index >= 15 is 0 Å². The van der Waals surface area contributed by atoms with Gasteiger partial charge in [0.1, 0.15) is 19.8 Å². The SMILES string of the molecule is CO/N=C1/C=C2C(C)CC3C(CCC4(C)C3CCC4(O[Si](C)(C)C)/C(C)=N/OC)C2(C)CC1. The zero-order valence-electron chi connectivity index (χ0n) is 22.5. The molecule has 0 aromatic rings. The fourth-order valence-electron chi connectivity index (χ4n) is 8.75. The van der Waals surface area contributed by atoms with Crippen LogP contribution in [-0.2, 0) is 14.1 Å². The molecule has 0 amide bonds. The predicted octanol–water partition coefficient (Wildman–Crippen LogP) is 6.81. The first-order valence-electron chi connectivity index (χ1n) is 13.0. The minimum Gasteiger partial charge on any atom is -0.406 e. The van der Waals surface area contributed by atoms with Crippen LogP contribution < -0.4 is 0 Å². The summed E-state index contributed by atoms with van der Waals surface area (Å²) in [6.45, 7) is 16.6.